The lowest BCUT2D eigenvalue weighted by Crippen LogP contribution is -2.57. The van der Waals surface area contributed by atoms with Crippen molar-refractivity contribution in [3.8, 4) is 0 Å². The molecule has 34 heavy (non-hydrogen) atoms. The van der Waals surface area contributed by atoms with Crippen molar-refractivity contribution in [3.05, 3.63) is 0 Å². The summed E-state index contributed by atoms with van der Waals surface area (Å²) in [5.74, 6) is -4.60. The summed E-state index contributed by atoms with van der Waals surface area (Å²) < 4.78 is 0. The molecular weight excluding hydrogens is 450 g/mol. The number of guanidine groups is 1. The maximum absolute atomic E-state index is 13.0. The van der Waals surface area contributed by atoms with E-state index in [4.69, 9.17) is 27.4 Å². The molecule has 14 heteroatoms. The average Bonchev–Trinajstić information content (AvgIpc) is 2.72. The molecule has 194 valence electrons. The lowest BCUT2D eigenvalue weighted by atomic mass is 10.0. The van der Waals surface area contributed by atoms with Gasteiger partial charge in [0.2, 0.25) is 17.7 Å². The summed E-state index contributed by atoms with van der Waals surface area (Å²) in [6.07, 6.45) is 0.201. The monoisotopic (exact) mass is 487 g/mol. The molecule has 0 aromatic rings. The Balaban J connectivity index is 5.42. The van der Waals surface area contributed by atoms with Gasteiger partial charge in [0.1, 0.15) is 18.1 Å². The van der Waals surface area contributed by atoms with E-state index in [1.165, 1.54) is 6.92 Å². The number of hydrogen-bond donors (Lipinski definition) is 8. The van der Waals surface area contributed by atoms with Crippen LogP contribution in [-0.4, -0.2) is 76.5 Å². The molecule has 0 aliphatic rings. The van der Waals surface area contributed by atoms with Crippen LogP contribution in [0.15, 0.2) is 4.99 Å². The van der Waals surface area contributed by atoms with Crippen molar-refractivity contribution in [3.63, 3.8) is 0 Å². The van der Waals surface area contributed by atoms with Gasteiger partial charge in [-0.25, -0.2) is 0 Å². The molecule has 0 saturated heterocycles. The third kappa shape index (κ3) is 13.2. The van der Waals surface area contributed by atoms with Crippen LogP contribution in [0.3, 0.4) is 0 Å². The fourth-order valence-corrected chi connectivity index (χ4v) is 2.81. The summed E-state index contributed by atoms with van der Waals surface area (Å²) in [5, 5.41) is 25.1. The molecule has 0 heterocycles. The number of rotatable bonds is 16. The van der Waals surface area contributed by atoms with Gasteiger partial charge in [0.05, 0.1) is 6.04 Å². The van der Waals surface area contributed by atoms with Gasteiger partial charge in [-0.3, -0.25) is 29.0 Å². The summed E-state index contributed by atoms with van der Waals surface area (Å²) in [7, 11) is 0. The fraction of sp³-hybridized carbons (Fsp3) is 0.700. The molecule has 3 amide bonds. The van der Waals surface area contributed by atoms with Crippen LogP contribution in [0, 0.1) is 5.92 Å². The number of nitrogens with two attached hydrogens (primary N) is 3. The van der Waals surface area contributed by atoms with Gasteiger partial charge >= 0.3 is 11.9 Å². The summed E-state index contributed by atoms with van der Waals surface area (Å²) in [4.78, 5) is 63.5. The Bertz CT molecular complexity index is 754. The van der Waals surface area contributed by atoms with E-state index in [-0.39, 0.29) is 44.1 Å². The lowest BCUT2D eigenvalue weighted by Gasteiger charge is -2.25. The van der Waals surface area contributed by atoms with Crippen molar-refractivity contribution in [2.75, 3.05) is 6.54 Å². The molecule has 4 atom stereocenters. The zero-order chi connectivity index (χ0) is 26.4. The Kier molecular flexibility index (Phi) is 13.9. The topological polar surface area (TPSA) is 252 Å². The third-order valence-electron chi connectivity index (χ3n) is 4.65. The summed E-state index contributed by atoms with van der Waals surface area (Å²) in [5.41, 5.74) is 16.3. The largest absolute Gasteiger partial charge is 0.481 e. The minimum atomic E-state index is -1.25. The summed E-state index contributed by atoms with van der Waals surface area (Å²) >= 11 is 0. The number of aliphatic carboxylic acids is 2. The van der Waals surface area contributed by atoms with Crippen molar-refractivity contribution in [2.45, 2.75) is 77.0 Å². The first-order valence-electron chi connectivity index (χ1n) is 10.9. The Morgan fingerprint density at radius 2 is 1.41 bits per heavy atom. The Hall–Kier alpha value is -3.42. The van der Waals surface area contributed by atoms with Crippen LogP contribution in [0.4, 0.5) is 0 Å². The van der Waals surface area contributed by atoms with Crippen LogP contribution in [0.2, 0.25) is 0 Å². The highest BCUT2D eigenvalue weighted by molar-refractivity contribution is 5.94. The summed E-state index contributed by atoms with van der Waals surface area (Å²) in [6, 6.07) is -4.49. The number of aliphatic imine (C=N–C) groups is 1. The smallest absolute Gasteiger partial charge is 0.325 e. The first-order chi connectivity index (χ1) is 15.7. The molecular formula is C20H37N7O7. The van der Waals surface area contributed by atoms with E-state index in [0.29, 0.717) is 6.42 Å². The molecule has 0 spiro atoms. The van der Waals surface area contributed by atoms with Crippen LogP contribution in [0.5, 0.6) is 0 Å². The van der Waals surface area contributed by atoms with Crippen LogP contribution >= 0.6 is 0 Å². The van der Waals surface area contributed by atoms with Crippen LogP contribution in [0.25, 0.3) is 0 Å². The molecule has 11 N–H and O–H groups in total. The van der Waals surface area contributed by atoms with Gasteiger partial charge in [-0.15, -0.1) is 0 Å². The molecule has 0 fully saturated rings. The zero-order valence-corrected chi connectivity index (χ0v) is 19.7. The van der Waals surface area contributed by atoms with E-state index in [1.54, 1.807) is 0 Å². The average molecular weight is 488 g/mol. The van der Waals surface area contributed by atoms with E-state index in [2.05, 4.69) is 20.9 Å². The molecule has 0 aliphatic heterocycles. The van der Waals surface area contributed by atoms with Crippen molar-refractivity contribution in [1.82, 2.24) is 16.0 Å². The standard InChI is InChI=1S/C20H37N7O7/c1-10(2)9-14(27-16(30)12(21)6-7-15(28)29)18(32)26-13(5-4-8-24-20(22)23)17(31)25-11(3)19(33)34/h10-14H,4-9,21H2,1-3H3,(H,25,31)(H,26,32)(H,27,30)(H,28,29)(H,33,34)(H4,22,23,24). The maximum Gasteiger partial charge on any atom is 0.325 e. The number of amides is 3. The predicted molar refractivity (Wildman–Crippen MR) is 123 cm³/mol. The first kappa shape index (κ1) is 30.6. The number of carbonyl (C=O) groups excluding carboxylic acids is 3. The molecule has 0 aliphatic carbocycles. The van der Waals surface area contributed by atoms with E-state index < -0.39 is 53.8 Å². The first-order valence-corrected chi connectivity index (χ1v) is 10.9. The highest BCUT2D eigenvalue weighted by Crippen LogP contribution is 2.08. The van der Waals surface area contributed by atoms with E-state index in [0.717, 1.165) is 0 Å². The van der Waals surface area contributed by atoms with Gasteiger partial charge in [0.25, 0.3) is 0 Å². The van der Waals surface area contributed by atoms with Crippen molar-refractivity contribution < 1.29 is 34.2 Å². The Labute approximate surface area is 198 Å². The van der Waals surface area contributed by atoms with Crippen molar-refractivity contribution in [2.24, 2.45) is 28.1 Å². The molecule has 0 rings (SSSR count). The second-order valence-corrected chi connectivity index (χ2v) is 8.31. The van der Waals surface area contributed by atoms with Gasteiger partial charge in [-0.2, -0.15) is 0 Å². The maximum atomic E-state index is 13.0. The van der Waals surface area contributed by atoms with Crippen molar-refractivity contribution >= 4 is 35.6 Å². The molecule has 14 nitrogen and oxygen atoms in total. The quantitative estimate of drug-likeness (QED) is 0.0664. The van der Waals surface area contributed by atoms with E-state index in [1.807, 2.05) is 13.8 Å². The number of nitrogens with one attached hydrogen (secondary N) is 3. The minimum Gasteiger partial charge on any atom is -0.481 e. The van der Waals surface area contributed by atoms with E-state index >= 15 is 0 Å². The van der Waals surface area contributed by atoms with Gasteiger partial charge in [-0.05, 0) is 38.5 Å². The predicted octanol–water partition coefficient (Wildman–Crippen LogP) is -2.16. The lowest BCUT2D eigenvalue weighted by molar-refractivity contribution is -0.142. The molecule has 0 aromatic carbocycles. The van der Waals surface area contributed by atoms with Crippen LogP contribution < -0.4 is 33.2 Å². The fourth-order valence-electron chi connectivity index (χ4n) is 2.81. The molecule has 0 saturated carbocycles. The van der Waals surface area contributed by atoms with Gasteiger partial charge in [-0.1, -0.05) is 13.8 Å². The second kappa shape index (κ2) is 15.4. The SMILES string of the molecule is CC(C)CC(NC(=O)C(N)CCC(=O)O)C(=O)NC(CCCN=C(N)N)C(=O)NC(C)C(=O)O. The number of hydrogen-bond acceptors (Lipinski definition) is 7. The number of carboxylic acid groups (broad SMARTS) is 2. The molecule has 4 unspecified atom stereocenters. The number of nitrogens with zero attached hydrogens (tertiary/aromatic N) is 1. The van der Waals surface area contributed by atoms with Crippen molar-refractivity contribution in [1.29, 1.82) is 0 Å². The van der Waals surface area contributed by atoms with Crippen LogP contribution in [-0.2, 0) is 24.0 Å². The molecule has 0 aromatic heterocycles. The van der Waals surface area contributed by atoms with Gasteiger partial charge in [0, 0.05) is 13.0 Å². The van der Waals surface area contributed by atoms with Gasteiger partial charge < -0.3 is 43.4 Å². The molecule has 0 radical (unpaired) electrons. The third-order valence-corrected chi connectivity index (χ3v) is 4.65. The normalized spacial score (nSPS) is 14.3. The highest BCUT2D eigenvalue weighted by atomic mass is 16.4. The van der Waals surface area contributed by atoms with Gasteiger partial charge in [0.15, 0.2) is 5.96 Å². The minimum absolute atomic E-state index is 0.0209. The summed E-state index contributed by atoms with van der Waals surface area (Å²) in [6.45, 7) is 5.11. The number of carbonyl (C=O) groups is 5. The Morgan fingerprint density at radius 1 is 0.853 bits per heavy atom. The zero-order valence-electron chi connectivity index (χ0n) is 19.7. The number of carboxylic acids is 2. The molecule has 0 bridgehead atoms. The second-order valence-electron chi connectivity index (χ2n) is 8.31. The van der Waals surface area contributed by atoms with Crippen LogP contribution in [0.1, 0.15) is 52.9 Å². The highest BCUT2D eigenvalue weighted by Gasteiger charge is 2.29. The van der Waals surface area contributed by atoms with E-state index in [9.17, 15) is 24.0 Å². The Morgan fingerprint density at radius 3 is 1.91 bits per heavy atom.